The van der Waals surface area contributed by atoms with Crippen LogP contribution >= 0.6 is 7.60 Å². The summed E-state index contributed by atoms with van der Waals surface area (Å²) in [4.78, 5) is 24.2. The van der Waals surface area contributed by atoms with Gasteiger partial charge in [-0.2, -0.15) is 0 Å². The van der Waals surface area contributed by atoms with E-state index < -0.39 is 7.60 Å². The van der Waals surface area contributed by atoms with Crippen LogP contribution in [0.25, 0.3) is 11.3 Å². The monoisotopic (exact) mass is 604 g/mol. The Morgan fingerprint density at radius 3 is 2.21 bits per heavy atom. The molecular formula is C33H41N4O5P. The van der Waals surface area contributed by atoms with Crippen LogP contribution in [0.2, 0.25) is 0 Å². The molecular weight excluding hydrogens is 563 g/mol. The van der Waals surface area contributed by atoms with Crippen LogP contribution in [0.1, 0.15) is 55.9 Å². The molecule has 2 N–H and O–H groups in total. The lowest BCUT2D eigenvalue weighted by molar-refractivity contribution is -0.124. The number of carbonyl (C=O) groups excluding carboxylic acids is 1. The number of hydrogen-bond acceptors (Lipinski definition) is 8. The number of aliphatic imine (C=N–C) groups is 1. The molecule has 43 heavy (non-hydrogen) atoms. The van der Waals surface area contributed by atoms with Crippen LogP contribution in [0, 0.1) is 0 Å². The molecule has 2 heterocycles. The molecule has 1 aromatic heterocycles. The molecule has 0 fully saturated rings. The topological polar surface area (TPSA) is 116 Å². The van der Waals surface area contributed by atoms with Gasteiger partial charge in [0.05, 0.1) is 25.9 Å². The van der Waals surface area contributed by atoms with Crippen LogP contribution in [0.3, 0.4) is 0 Å². The standard InChI is InChI=1S/C33H41N4O5P/c1-5-41-43(39,42-6-2)22-21-37-20-19-36-32(33(37)38)30(31(34)28-15-17-35-18-16-28)27-11-13-29(14-12-27)40-23-25-7-9-26(10-8-25)24(3)4/h7-18,24H,5-6,19-23,34H2,1-4H3. The lowest BCUT2D eigenvalue weighted by atomic mass is 9.94. The van der Waals surface area contributed by atoms with E-state index in [-0.39, 0.29) is 37.5 Å². The number of nitrogens with two attached hydrogens (primary N) is 1. The summed E-state index contributed by atoms with van der Waals surface area (Å²) in [6.45, 7) is 9.83. The summed E-state index contributed by atoms with van der Waals surface area (Å²) < 4.78 is 30.0. The average Bonchev–Trinajstić information content (AvgIpc) is 3.02. The van der Waals surface area contributed by atoms with Gasteiger partial charge in [0.25, 0.3) is 5.91 Å². The molecule has 0 radical (unpaired) electrons. The van der Waals surface area contributed by atoms with Crippen molar-refractivity contribution >= 4 is 30.5 Å². The number of pyridine rings is 1. The number of benzene rings is 2. The van der Waals surface area contributed by atoms with Crippen molar-refractivity contribution in [3.8, 4) is 5.75 Å². The SMILES string of the molecule is CCOP(=O)(CCN1CCN=C(C(=C(N)c2ccncc2)c2ccc(OCc3ccc(C(C)C)cc3)cc2)C1=O)OCC. The largest absolute Gasteiger partial charge is 0.489 e. The van der Waals surface area contributed by atoms with E-state index in [0.717, 1.165) is 16.7 Å². The number of nitrogens with zero attached hydrogens (tertiary/aromatic N) is 3. The fourth-order valence-electron chi connectivity index (χ4n) is 4.78. The van der Waals surface area contributed by atoms with Crippen molar-refractivity contribution in [2.75, 3.05) is 39.0 Å². The first-order valence-corrected chi connectivity index (χ1v) is 16.4. The second-order valence-corrected chi connectivity index (χ2v) is 12.6. The maximum Gasteiger partial charge on any atom is 0.332 e. The normalized spacial score (nSPS) is 14.5. The number of carbonyl (C=O) groups is 1. The molecule has 0 saturated carbocycles. The summed E-state index contributed by atoms with van der Waals surface area (Å²) in [6.07, 6.45) is 3.40. The molecule has 0 unspecified atom stereocenters. The van der Waals surface area contributed by atoms with Crippen LogP contribution in [0.4, 0.5) is 0 Å². The van der Waals surface area contributed by atoms with Crippen molar-refractivity contribution in [1.82, 2.24) is 9.88 Å². The summed E-state index contributed by atoms with van der Waals surface area (Å²) in [5.41, 5.74) is 11.7. The van der Waals surface area contributed by atoms with Gasteiger partial charge in [0.15, 0.2) is 0 Å². The molecule has 0 atom stereocenters. The summed E-state index contributed by atoms with van der Waals surface area (Å²) in [5, 5.41) is 0. The summed E-state index contributed by atoms with van der Waals surface area (Å²) in [5.74, 6) is 0.881. The molecule has 10 heteroatoms. The Hall–Kier alpha value is -3.78. The van der Waals surface area contributed by atoms with E-state index in [1.54, 1.807) is 43.3 Å². The van der Waals surface area contributed by atoms with Gasteiger partial charge in [0, 0.05) is 42.3 Å². The van der Waals surface area contributed by atoms with Gasteiger partial charge in [-0.25, -0.2) is 0 Å². The van der Waals surface area contributed by atoms with Gasteiger partial charge in [-0.1, -0.05) is 50.2 Å². The number of amides is 1. The zero-order chi connectivity index (χ0) is 30.8. The Morgan fingerprint density at radius 1 is 0.953 bits per heavy atom. The first-order valence-electron chi connectivity index (χ1n) is 14.7. The summed E-state index contributed by atoms with van der Waals surface area (Å²) in [6, 6.07) is 19.5. The van der Waals surface area contributed by atoms with E-state index in [1.165, 1.54) is 5.56 Å². The molecule has 0 aliphatic carbocycles. The second-order valence-electron chi connectivity index (χ2n) is 10.4. The third-order valence-corrected chi connectivity index (χ3v) is 9.17. The Morgan fingerprint density at radius 2 is 1.60 bits per heavy atom. The van der Waals surface area contributed by atoms with Crippen molar-refractivity contribution in [3.63, 3.8) is 0 Å². The van der Waals surface area contributed by atoms with Crippen molar-refractivity contribution in [2.24, 2.45) is 10.7 Å². The second kappa shape index (κ2) is 15.1. The van der Waals surface area contributed by atoms with Gasteiger partial charge >= 0.3 is 7.60 Å². The van der Waals surface area contributed by atoms with Crippen LogP contribution in [-0.4, -0.2) is 60.5 Å². The number of ether oxygens (including phenoxy) is 1. The molecule has 1 amide bonds. The Labute approximate surface area is 254 Å². The Kier molecular flexibility index (Phi) is 11.3. The lowest BCUT2D eigenvalue weighted by Crippen LogP contribution is -2.44. The molecule has 9 nitrogen and oxygen atoms in total. The third-order valence-electron chi connectivity index (χ3n) is 7.12. The lowest BCUT2D eigenvalue weighted by Gasteiger charge is -2.29. The van der Waals surface area contributed by atoms with E-state index in [2.05, 4.69) is 48.1 Å². The van der Waals surface area contributed by atoms with Crippen molar-refractivity contribution in [3.05, 3.63) is 95.3 Å². The molecule has 0 spiro atoms. The molecule has 1 aliphatic rings. The van der Waals surface area contributed by atoms with E-state index in [4.69, 9.17) is 19.5 Å². The highest BCUT2D eigenvalue weighted by Crippen LogP contribution is 2.47. The minimum absolute atomic E-state index is 0.0960. The maximum absolute atomic E-state index is 13.8. The quantitative estimate of drug-likeness (QED) is 0.219. The van der Waals surface area contributed by atoms with E-state index in [1.807, 2.05) is 24.3 Å². The smallest absolute Gasteiger partial charge is 0.332 e. The zero-order valence-corrected chi connectivity index (χ0v) is 26.3. The molecule has 1 aliphatic heterocycles. The van der Waals surface area contributed by atoms with Crippen LogP contribution in [0.15, 0.2) is 78.0 Å². The molecule has 0 bridgehead atoms. The Bertz CT molecular complexity index is 1460. The fraction of sp³-hybridized carbons (Fsp3) is 0.364. The van der Waals surface area contributed by atoms with E-state index >= 15 is 0 Å². The maximum atomic E-state index is 13.8. The summed E-state index contributed by atoms with van der Waals surface area (Å²) in [7, 11) is -3.31. The van der Waals surface area contributed by atoms with Crippen LogP contribution in [0.5, 0.6) is 5.75 Å². The third kappa shape index (κ3) is 8.41. The predicted octanol–water partition coefficient (Wildman–Crippen LogP) is 6.16. The number of hydrogen-bond donors (Lipinski definition) is 1. The molecule has 4 rings (SSSR count). The molecule has 228 valence electrons. The van der Waals surface area contributed by atoms with Crippen LogP contribution in [-0.2, 0) is 25.0 Å². The van der Waals surface area contributed by atoms with Gasteiger partial charge in [-0.05, 0) is 60.7 Å². The van der Waals surface area contributed by atoms with Crippen molar-refractivity contribution < 1.29 is 23.1 Å². The number of rotatable bonds is 14. The first-order chi connectivity index (χ1) is 20.7. The van der Waals surface area contributed by atoms with E-state index in [0.29, 0.717) is 42.6 Å². The van der Waals surface area contributed by atoms with Gasteiger partial charge in [-0.15, -0.1) is 0 Å². The van der Waals surface area contributed by atoms with Gasteiger partial charge in [0.1, 0.15) is 18.1 Å². The van der Waals surface area contributed by atoms with Gasteiger partial charge in [-0.3, -0.25) is 19.3 Å². The highest BCUT2D eigenvalue weighted by atomic mass is 31.2. The summed E-state index contributed by atoms with van der Waals surface area (Å²) >= 11 is 0. The highest BCUT2D eigenvalue weighted by molar-refractivity contribution is 7.53. The van der Waals surface area contributed by atoms with Gasteiger partial charge < -0.3 is 24.4 Å². The van der Waals surface area contributed by atoms with Crippen molar-refractivity contribution in [2.45, 2.75) is 40.2 Å². The molecule has 2 aromatic carbocycles. The predicted molar refractivity (Wildman–Crippen MR) is 171 cm³/mol. The Balaban J connectivity index is 1.57. The minimum Gasteiger partial charge on any atom is -0.489 e. The fourth-order valence-corrected chi connectivity index (χ4v) is 6.39. The van der Waals surface area contributed by atoms with Gasteiger partial charge in [0.2, 0.25) is 0 Å². The molecule has 0 saturated heterocycles. The van der Waals surface area contributed by atoms with Crippen molar-refractivity contribution in [1.29, 1.82) is 0 Å². The zero-order valence-electron chi connectivity index (χ0n) is 25.4. The van der Waals surface area contributed by atoms with E-state index in [9.17, 15) is 9.36 Å². The first kappa shape index (κ1) is 32.1. The average molecular weight is 605 g/mol. The highest BCUT2D eigenvalue weighted by Gasteiger charge is 2.32. The minimum atomic E-state index is -3.31. The number of aromatic nitrogens is 1. The molecule has 3 aromatic rings. The van der Waals surface area contributed by atoms with Crippen LogP contribution < -0.4 is 10.5 Å².